The third-order valence-corrected chi connectivity index (χ3v) is 5.05. The maximum atomic E-state index is 12.3. The van der Waals surface area contributed by atoms with Crippen molar-refractivity contribution in [3.8, 4) is 0 Å². The molecule has 1 amide bonds. The van der Waals surface area contributed by atoms with Crippen molar-refractivity contribution in [1.82, 2.24) is 14.7 Å². The van der Waals surface area contributed by atoms with Crippen molar-refractivity contribution >= 4 is 21.9 Å². The second-order valence-corrected chi connectivity index (χ2v) is 7.30. The van der Waals surface area contributed by atoms with Crippen molar-refractivity contribution in [2.75, 3.05) is 31.2 Å². The topological polar surface area (TPSA) is 101 Å². The van der Waals surface area contributed by atoms with E-state index in [0.717, 1.165) is 5.56 Å². The molecule has 1 aromatic carbocycles. The van der Waals surface area contributed by atoms with E-state index in [9.17, 15) is 13.2 Å². The van der Waals surface area contributed by atoms with Gasteiger partial charge in [-0.3, -0.25) is 4.79 Å². The Kier molecular flexibility index (Phi) is 4.95. The summed E-state index contributed by atoms with van der Waals surface area (Å²) < 4.78 is 31.9. The minimum atomic E-state index is -4.03. The van der Waals surface area contributed by atoms with E-state index in [-0.39, 0.29) is 10.5 Å². The lowest BCUT2D eigenvalue weighted by Gasteiger charge is -2.26. The standard InChI is InChI=1S/C16H18N4O4S/c1-12-2-4-13(5-3-12)15(21)19-25(22,23)14-10-17-16(18-11-14)20-6-8-24-9-7-20/h2-5,10-11H,6-9H2,1H3,(H,19,21). The number of carbonyl (C=O) groups is 1. The molecule has 0 bridgehead atoms. The summed E-state index contributed by atoms with van der Waals surface area (Å²) in [6.45, 7) is 4.34. The summed E-state index contributed by atoms with van der Waals surface area (Å²) in [5.41, 5.74) is 1.24. The predicted octanol–water partition coefficient (Wildman–Crippen LogP) is 0.740. The summed E-state index contributed by atoms with van der Waals surface area (Å²) in [6, 6.07) is 6.61. The maximum absolute atomic E-state index is 12.3. The van der Waals surface area contributed by atoms with Crippen LogP contribution in [-0.4, -0.2) is 50.6 Å². The first-order chi connectivity index (χ1) is 12.0. The highest BCUT2D eigenvalue weighted by Gasteiger charge is 2.21. The van der Waals surface area contributed by atoms with E-state index in [1.807, 2.05) is 16.5 Å². The molecule has 1 aliphatic rings. The number of nitrogens with zero attached hydrogens (tertiary/aromatic N) is 3. The number of hydrogen-bond donors (Lipinski definition) is 1. The van der Waals surface area contributed by atoms with Crippen molar-refractivity contribution in [1.29, 1.82) is 0 Å². The van der Waals surface area contributed by atoms with E-state index in [1.54, 1.807) is 24.3 Å². The summed E-state index contributed by atoms with van der Waals surface area (Å²) >= 11 is 0. The molecule has 1 aliphatic heterocycles. The Morgan fingerprint density at radius 3 is 2.32 bits per heavy atom. The second kappa shape index (κ2) is 7.16. The molecular weight excluding hydrogens is 344 g/mol. The number of aryl methyl sites for hydroxylation is 1. The van der Waals surface area contributed by atoms with E-state index in [2.05, 4.69) is 9.97 Å². The van der Waals surface area contributed by atoms with Crippen LogP contribution in [0.1, 0.15) is 15.9 Å². The largest absolute Gasteiger partial charge is 0.378 e. The number of rotatable bonds is 4. The van der Waals surface area contributed by atoms with E-state index in [4.69, 9.17) is 4.74 Å². The number of carbonyl (C=O) groups excluding carboxylic acids is 1. The zero-order valence-corrected chi connectivity index (χ0v) is 14.5. The Labute approximate surface area is 145 Å². The number of sulfonamides is 1. The quantitative estimate of drug-likeness (QED) is 0.856. The molecule has 9 heteroatoms. The Balaban J connectivity index is 1.73. The molecule has 0 unspecified atom stereocenters. The van der Waals surface area contributed by atoms with Crippen LogP contribution >= 0.6 is 0 Å². The summed E-state index contributed by atoms with van der Waals surface area (Å²) in [5.74, 6) is -0.260. The molecule has 1 fully saturated rings. The van der Waals surface area contributed by atoms with Gasteiger partial charge in [-0.25, -0.2) is 23.1 Å². The summed E-state index contributed by atoms with van der Waals surface area (Å²) in [5, 5.41) is 0. The van der Waals surface area contributed by atoms with Crippen LogP contribution in [0, 0.1) is 6.92 Å². The molecule has 0 saturated carbocycles. The van der Waals surface area contributed by atoms with E-state index in [0.29, 0.717) is 32.3 Å². The number of amides is 1. The van der Waals surface area contributed by atoms with Gasteiger partial charge in [0.05, 0.1) is 25.6 Å². The van der Waals surface area contributed by atoms with Gasteiger partial charge in [-0.1, -0.05) is 17.7 Å². The van der Waals surface area contributed by atoms with E-state index in [1.165, 1.54) is 12.4 Å². The second-order valence-electron chi connectivity index (χ2n) is 5.62. The van der Waals surface area contributed by atoms with Crippen molar-refractivity contribution in [2.45, 2.75) is 11.8 Å². The average Bonchev–Trinajstić information content (AvgIpc) is 2.63. The molecule has 0 spiro atoms. The fourth-order valence-electron chi connectivity index (χ4n) is 2.32. The van der Waals surface area contributed by atoms with Crippen LogP contribution < -0.4 is 9.62 Å². The van der Waals surface area contributed by atoms with E-state index >= 15 is 0 Å². The molecule has 0 radical (unpaired) electrons. The van der Waals surface area contributed by atoms with Crippen LogP contribution in [0.3, 0.4) is 0 Å². The Morgan fingerprint density at radius 2 is 1.72 bits per heavy atom. The Hall–Kier alpha value is -2.52. The summed E-state index contributed by atoms with van der Waals surface area (Å²) in [6.07, 6.45) is 2.39. The van der Waals surface area contributed by atoms with Gasteiger partial charge in [0.15, 0.2) is 0 Å². The third kappa shape index (κ3) is 4.12. The molecule has 0 atom stereocenters. The molecule has 25 heavy (non-hydrogen) atoms. The first-order valence-electron chi connectivity index (χ1n) is 7.74. The van der Waals surface area contributed by atoms with Gasteiger partial charge in [-0.15, -0.1) is 0 Å². The zero-order valence-electron chi connectivity index (χ0n) is 13.7. The maximum Gasteiger partial charge on any atom is 0.267 e. The number of nitrogens with one attached hydrogen (secondary N) is 1. The van der Waals surface area contributed by atoms with Gasteiger partial charge in [0, 0.05) is 18.7 Å². The first kappa shape index (κ1) is 17.3. The average molecular weight is 362 g/mol. The lowest BCUT2D eigenvalue weighted by molar-refractivity contribution is 0.0981. The van der Waals surface area contributed by atoms with Crippen LogP contribution in [0.2, 0.25) is 0 Å². The van der Waals surface area contributed by atoms with Crippen LogP contribution in [-0.2, 0) is 14.8 Å². The molecule has 1 saturated heterocycles. The minimum absolute atomic E-state index is 0.162. The number of aromatic nitrogens is 2. The number of benzene rings is 1. The predicted molar refractivity (Wildman–Crippen MR) is 90.9 cm³/mol. The van der Waals surface area contributed by atoms with Crippen molar-refractivity contribution < 1.29 is 17.9 Å². The molecule has 8 nitrogen and oxygen atoms in total. The molecule has 0 aliphatic carbocycles. The van der Waals surface area contributed by atoms with Gasteiger partial charge < -0.3 is 9.64 Å². The normalized spacial score (nSPS) is 15.0. The molecule has 2 aromatic rings. The molecule has 132 valence electrons. The van der Waals surface area contributed by atoms with Crippen molar-refractivity contribution in [2.24, 2.45) is 0 Å². The van der Waals surface area contributed by atoms with Crippen LogP contribution in [0.15, 0.2) is 41.6 Å². The number of anilines is 1. The van der Waals surface area contributed by atoms with Crippen LogP contribution in [0.4, 0.5) is 5.95 Å². The van der Waals surface area contributed by atoms with Crippen molar-refractivity contribution in [3.05, 3.63) is 47.8 Å². The van der Waals surface area contributed by atoms with Crippen molar-refractivity contribution in [3.63, 3.8) is 0 Å². The van der Waals surface area contributed by atoms with Crippen LogP contribution in [0.25, 0.3) is 0 Å². The highest BCUT2D eigenvalue weighted by atomic mass is 32.2. The third-order valence-electron chi connectivity index (χ3n) is 3.76. The number of morpholine rings is 1. The SMILES string of the molecule is Cc1ccc(C(=O)NS(=O)(=O)c2cnc(N3CCOCC3)nc2)cc1. The Morgan fingerprint density at radius 1 is 1.12 bits per heavy atom. The first-order valence-corrected chi connectivity index (χ1v) is 9.22. The molecule has 1 N–H and O–H groups in total. The lowest BCUT2D eigenvalue weighted by Crippen LogP contribution is -2.37. The monoisotopic (exact) mass is 362 g/mol. The van der Waals surface area contributed by atoms with Gasteiger partial charge >= 0.3 is 0 Å². The van der Waals surface area contributed by atoms with Gasteiger partial charge in [-0.2, -0.15) is 0 Å². The summed E-state index contributed by atoms with van der Waals surface area (Å²) in [7, 11) is -4.03. The minimum Gasteiger partial charge on any atom is -0.378 e. The van der Waals surface area contributed by atoms with Crippen LogP contribution in [0.5, 0.6) is 0 Å². The van der Waals surface area contributed by atoms with Gasteiger partial charge in [0.2, 0.25) is 5.95 Å². The molecule has 1 aromatic heterocycles. The van der Waals surface area contributed by atoms with E-state index < -0.39 is 15.9 Å². The van der Waals surface area contributed by atoms with Gasteiger partial charge in [0.1, 0.15) is 4.90 Å². The van der Waals surface area contributed by atoms with Gasteiger partial charge in [-0.05, 0) is 19.1 Å². The number of ether oxygens (including phenoxy) is 1. The summed E-state index contributed by atoms with van der Waals surface area (Å²) in [4.78, 5) is 22.0. The number of hydrogen-bond acceptors (Lipinski definition) is 7. The van der Waals surface area contributed by atoms with Gasteiger partial charge in [0.25, 0.3) is 15.9 Å². The smallest absolute Gasteiger partial charge is 0.267 e. The fraction of sp³-hybridized carbons (Fsp3) is 0.312. The molecular formula is C16H18N4O4S. The molecule has 3 rings (SSSR count). The molecule has 2 heterocycles. The highest BCUT2D eigenvalue weighted by molar-refractivity contribution is 7.90. The fourth-order valence-corrected chi connectivity index (χ4v) is 3.18. The zero-order chi connectivity index (χ0) is 17.9. The highest BCUT2D eigenvalue weighted by Crippen LogP contribution is 2.13. The Bertz CT molecular complexity index is 845. The lowest BCUT2D eigenvalue weighted by atomic mass is 10.1.